The van der Waals surface area contributed by atoms with Crippen LogP contribution in [0.3, 0.4) is 0 Å². The highest BCUT2D eigenvalue weighted by Gasteiger charge is 2.23. The van der Waals surface area contributed by atoms with E-state index >= 15 is 0 Å². The minimum absolute atomic E-state index is 0.176. The van der Waals surface area contributed by atoms with Gasteiger partial charge in [0.1, 0.15) is 5.75 Å². The Morgan fingerprint density at radius 2 is 1.88 bits per heavy atom. The maximum Gasteiger partial charge on any atom is 0.122 e. The number of benzene rings is 1. The first kappa shape index (κ1) is 16.9. The zero-order valence-electron chi connectivity index (χ0n) is 14.4. The molecular weight excluding hydrogens is 298 g/mol. The third-order valence-electron chi connectivity index (χ3n) is 4.91. The van der Waals surface area contributed by atoms with Gasteiger partial charge < -0.3 is 15.4 Å². The van der Waals surface area contributed by atoms with Gasteiger partial charge in [-0.1, -0.05) is 18.2 Å². The molecule has 1 saturated heterocycles. The molecule has 0 aliphatic carbocycles. The lowest BCUT2D eigenvalue weighted by Crippen LogP contribution is -2.42. The number of para-hydroxylation sites is 1. The normalized spacial score (nSPS) is 17.6. The second-order valence-corrected chi connectivity index (χ2v) is 6.64. The minimum atomic E-state index is 0.176. The van der Waals surface area contributed by atoms with E-state index in [0.717, 1.165) is 31.8 Å². The molecule has 1 aliphatic rings. The Morgan fingerprint density at radius 3 is 2.58 bits per heavy atom. The van der Waals surface area contributed by atoms with Gasteiger partial charge in [-0.05, 0) is 67.6 Å². The molecular formula is C20H27N3O. The molecule has 1 aromatic heterocycles. The Balaban J connectivity index is 1.50. The summed E-state index contributed by atoms with van der Waals surface area (Å²) >= 11 is 0. The lowest BCUT2D eigenvalue weighted by Gasteiger charge is -2.34. The van der Waals surface area contributed by atoms with Gasteiger partial charge in [-0.3, -0.25) is 4.98 Å². The largest absolute Gasteiger partial charge is 0.496 e. The van der Waals surface area contributed by atoms with E-state index < -0.39 is 0 Å². The van der Waals surface area contributed by atoms with Crippen LogP contribution in [0.25, 0.3) is 0 Å². The van der Waals surface area contributed by atoms with Crippen LogP contribution in [0, 0.1) is 0 Å². The van der Waals surface area contributed by atoms with E-state index in [9.17, 15) is 0 Å². The molecule has 2 aromatic rings. The molecule has 2 heterocycles. The summed E-state index contributed by atoms with van der Waals surface area (Å²) in [5.41, 5.74) is 8.96. The fourth-order valence-corrected chi connectivity index (χ4v) is 3.65. The van der Waals surface area contributed by atoms with Gasteiger partial charge in [0, 0.05) is 25.0 Å². The highest BCUT2D eigenvalue weighted by Crippen LogP contribution is 2.33. The van der Waals surface area contributed by atoms with Crippen LogP contribution in [0.5, 0.6) is 5.75 Å². The van der Waals surface area contributed by atoms with Gasteiger partial charge in [0.2, 0.25) is 0 Å². The molecule has 1 aromatic carbocycles. The van der Waals surface area contributed by atoms with Gasteiger partial charge >= 0.3 is 0 Å². The molecule has 0 spiro atoms. The van der Waals surface area contributed by atoms with Gasteiger partial charge in [0.05, 0.1) is 7.11 Å². The molecule has 128 valence electrons. The number of hydrogen-bond donors (Lipinski definition) is 1. The highest BCUT2D eigenvalue weighted by atomic mass is 16.5. The van der Waals surface area contributed by atoms with Crippen molar-refractivity contribution in [3.05, 3.63) is 59.9 Å². The summed E-state index contributed by atoms with van der Waals surface area (Å²) in [5, 5.41) is 0. The third kappa shape index (κ3) is 4.34. The number of likely N-dealkylation sites (tertiary alicyclic amines) is 1. The van der Waals surface area contributed by atoms with E-state index in [-0.39, 0.29) is 6.04 Å². The number of nitrogens with zero attached hydrogens (tertiary/aromatic N) is 2. The fourth-order valence-electron chi connectivity index (χ4n) is 3.65. The molecule has 24 heavy (non-hydrogen) atoms. The number of ether oxygens (including phenoxy) is 1. The Labute approximate surface area is 144 Å². The smallest absolute Gasteiger partial charge is 0.122 e. The Bertz CT molecular complexity index is 624. The van der Waals surface area contributed by atoms with Crippen molar-refractivity contribution < 1.29 is 4.74 Å². The summed E-state index contributed by atoms with van der Waals surface area (Å²) in [6.45, 7) is 3.17. The van der Waals surface area contributed by atoms with Crippen LogP contribution in [-0.4, -0.2) is 42.7 Å². The Kier molecular flexibility index (Phi) is 5.83. The molecule has 0 saturated carbocycles. The van der Waals surface area contributed by atoms with Crippen molar-refractivity contribution in [1.82, 2.24) is 9.88 Å². The van der Waals surface area contributed by atoms with Crippen molar-refractivity contribution in [2.75, 3.05) is 26.7 Å². The van der Waals surface area contributed by atoms with E-state index in [0.29, 0.717) is 5.92 Å². The van der Waals surface area contributed by atoms with Gasteiger partial charge in [-0.2, -0.15) is 0 Å². The van der Waals surface area contributed by atoms with Crippen molar-refractivity contribution in [2.24, 2.45) is 5.73 Å². The first-order valence-electron chi connectivity index (χ1n) is 8.76. The number of nitrogens with two attached hydrogens (primary N) is 1. The zero-order valence-corrected chi connectivity index (χ0v) is 14.4. The van der Waals surface area contributed by atoms with E-state index in [1.54, 1.807) is 7.11 Å². The summed E-state index contributed by atoms with van der Waals surface area (Å²) < 4.78 is 5.52. The summed E-state index contributed by atoms with van der Waals surface area (Å²) in [5.74, 6) is 1.61. The summed E-state index contributed by atoms with van der Waals surface area (Å²) in [6.07, 6.45) is 6.92. The maximum atomic E-state index is 6.35. The molecule has 4 nitrogen and oxygen atoms in total. The van der Waals surface area contributed by atoms with Crippen LogP contribution in [0.15, 0.2) is 48.8 Å². The minimum Gasteiger partial charge on any atom is -0.496 e. The number of pyridine rings is 1. The van der Waals surface area contributed by atoms with Crippen LogP contribution in [-0.2, 0) is 6.42 Å². The third-order valence-corrected chi connectivity index (χ3v) is 4.91. The van der Waals surface area contributed by atoms with E-state index in [1.165, 1.54) is 24.0 Å². The van der Waals surface area contributed by atoms with Crippen molar-refractivity contribution in [3.8, 4) is 5.75 Å². The van der Waals surface area contributed by atoms with Gasteiger partial charge in [-0.15, -0.1) is 0 Å². The first-order chi connectivity index (χ1) is 11.8. The fraction of sp³-hybridized carbons (Fsp3) is 0.450. The Morgan fingerprint density at radius 1 is 1.17 bits per heavy atom. The molecule has 0 radical (unpaired) electrons. The van der Waals surface area contributed by atoms with Crippen LogP contribution in [0.4, 0.5) is 0 Å². The molecule has 0 unspecified atom stereocenters. The van der Waals surface area contributed by atoms with Crippen LogP contribution in [0.1, 0.15) is 29.9 Å². The second kappa shape index (κ2) is 8.27. The predicted octanol–water partition coefficient (Wildman–Crippen LogP) is 2.84. The van der Waals surface area contributed by atoms with Gasteiger partial charge in [0.15, 0.2) is 0 Å². The molecule has 1 atom stereocenters. The zero-order chi connectivity index (χ0) is 16.8. The predicted molar refractivity (Wildman–Crippen MR) is 97.3 cm³/mol. The molecule has 1 aliphatic heterocycles. The van der Waals surface area contributed by atoms with E-state index in [2.05, 4.69) is 28.1 Å². The van der Waals surface area contributed by atoms with Crippen LogP contribution < -0.4 is 10.5 Å². The monoisotopic (exact) mass is 325 g/mol. The second-order valence-electron chi connectivity index (χ2n) is 6.64. The average Bonchev–Trinajstić information content (AvgIpc) is 2.63. The van der Waals surface area contributed by atoms with Crippen molar-refractivity contribution in [2.45, 2.75) is 31.2 Å². The SMILES string of the molecule is COc1ccccc1C1CCN(C[C@H](N)Cc2ccncc2)CC1. The molecule has 3 rings (SSSR count). The Hall–Kier alpha value is -1.91. The summed E-state index contributed by atoms with van der Waals surface area (Å²) in [7, 11) is 1.76. The van der Waals surface area contributed by atoms with Crippen LogP contribution in [0.2, 0.25) is 0 Å². The quantitative estimate of drug-likeness (QED) is 0.887. The van der Waals surface area contributed by atoms with Crippen molar-refractivity contribution in [3.63, 3.8) is 0 Å². The molecule has 1 fully saturated rings. The molecule has 2 N–H and O–H groups in total. The topological polar surface area (TPSA) is 51.4 Å². The average molecular weight is 325 g/mol. The standard InChI is InChI=1S/C20H27N3O/c1-24-20-5-3-2-4-19(20)17-8-12-23(13-9-17)15-18(21)14-16-6-10-22-11-7-16/h2-7,10-11,17-18H,8-9,12-15,21H2,1H3/t18-/m1/s1. The molecule has 0 amide bonds. The number of piperidine rings is 1. The summed E-state index contributed by atoms with van der Waals surface area (Å²) in [4.78, 5) is 6.56. The lowest BCUT2D eigenvalue weighted by molar-refractivity contribution is 0.199. The number of aromatic nitrogens is 1. The lowest BCUT2D eigenvalue weighted by atomic mass is 9.88. The van der Waals surface area contributed by atoms with Crippen molar-refractivity contribution in [1.29, 1.82) is 0 Å². The van der Waals surface area contributed by atoms with Crippen molar-refractivity contribution >= 4 is 0 Å². The van der Waals surface area contributed by atoms with E-state index in [1.807, 2.05) is 30.6 Å². The van der Waals surface area contributed by atoms with Gasteiger partial charge in [0.25, 0.3) is 0 Å². The van der Waals surface area contributed by atoms with Crippen LogP contribution >= 0.6 is 0 Å². The van der Waals surface area contributed by atoms with Gasteiger partial charge in [-0.25, -0.2) is 0 Å². The van der Waals surface area contributed by atoms with E-state index in [4.69, 9.17) is 10.5 Å². The molecule has 4 heteroatoms. The molecule has 0 bridgehead atoms. The first-order valence-corrected chi connectivity index (χ1v) is 8.76. The number of methoxy groups -OCH3 is 1. The maximum absolute atomic E-state index is 6.35. The number of rotatable bonds is 6. The summed E-state index contributed by atoms with van der Waals surface area (Å²) in [6, 6.07) is 12.7. The number of hydrogen-bond acceptors (Lipinski definition) is 4. The highest BCUT2D eigenvalue weighted by molar-refractivity contribution is 5.36.